The van der Waals surface area contributed by atoms with Crippen molar-refractivity contribution in [2.75, 3.05) is 0 Å². The van der Waals surface area contributed by atoms with Gasteiger partial charge in [-0.25, -0.2) is 4.79 Å². The normalized spacial score (nSPS) is 12.6. The zero-order valence-electron chi connectivity index (χ0n) is 18.0. The van der Waals surface area contributed by atoms with Gasteiger partial charge in [0, 0.05) is 0 Å². The molecule has 31 heavy (non-hydrogen) atoms. The van der Waals surface area contributed by atoms with E-state index < -0.39 is 30.0 Å². The van der Waals surface area contributed by atoms with Gasteiger partial charge in [0.25, 0.3) is 0 Å². The molecule has 7 nitrogen and oxygen atoms in total. The van der Waals surface area contributed by atoms with Crippen molar-refractivity contribution < 1.29 is 19.1 Å². The van der Waals surface area contributed by atoms with E-state index in [1.807, 2.05) is 74.5 Å². The number of alkyl carbamates (subject to hydrolysis) is 1. The van der Waals surface area contributed by atoms with Crippen LogP contribution >= 0.6 is 0 Å². The van der Waals surface area contributed by atoms with E-state index in [0.29, 0.717) is 19.3 Å². The Bertz CT molecular complexity index is 840. The molecule has 0 radical (unpaired) electrons. The summed E-state index contributed by atoms with van der Waals surface area (Å²) in [5.74, 6) is -0.928. The van der Waals surface area contributed by atoms with E-state index in [4.69, 9.17) is 10.5 Å². The molecule has 0 aliphatic heterocycles. The lowest BCUT2D eigenvalue weighted by molar-refractivity contribution is -0.128. The molecule has 0 heterocycles. The molecular formula is C24H31N3O4. The lowest BCUT2D eigenvalue weighted by Crippen LogP contribution is -2.53. The molecule has 0 aliphatic rings. The first kappa shape index (κ1) is 23.9. The first-order chi connectivity index (χ1) is 14.8. The van der Waals surface area contributed by atoms with Crippen LogP contribution in [-0.4, -0.2) is 30.0 Å². The second kappa shape index (κ2) is 12.4. The van der Waals surface area contributed by atoms with Crippen molar-refractivity contribution in [3.63, 3.8) is 0 Å². The molecule has 0 spiro atoms. The van der Waals surface area contributed by atoms with Crippen molar-refractivity contribution in [2.45, 2.75) is 51.8 Å². The van der Waals surface area contributed by atoms with Crippen molar-refractivity contribution in [2.24, 2.45) is 11.7 Å². The average Bonchev–Trinajstić information content (AvgIpc) is 2.75. The van der Waals surface area contributed by atoms with Gasteiger partial charge in [0.15, 0.2) is 0 Å². The van der Waals surface area contributed by atoms with Crippen LogP contribution in [0.1, 0.15) is 37.8 Å². The van der Waals surface area contributed by atoms with Crippen LogP contribution in [0.15, 0.2) is 60.7 Å². The number of nitrogens with two attached hydrogens (primary N) is 1. The molecule has 0 unspecified atom stereocenters. The predicted molar refractivity (Wildman–Crippen MR) is 119 cm³/mol. The Labute approximate surface area is 183 Å². The van der Waals surface area contributed by atoms with E-state index in [1.54, 1.807) is 0 Å². The first-order valence-corrected chi connectivity index (χ1v) is 10.5. The maximum atomic E-state index is 12.8. The van der Waals surface area contributed by atoms with E-state index in [2.05, 4.69) is 10.6 Å². The third-order valence-corrected chi connectivity index (χ3v) is 4.75. The van der Waals surface area contributed by atoms with Crippen molar-refractivity contribution in [1.82, 2.24) is 10.6 Å². The molecule has 0 bridgehead atoms. The van der Waals surface area contributed by atoms with Crippen molar-refractivity contribution >= 4 is 17.9 Å². The van der Waals surface area contributed by atoms with Gasteiger partial charge in [-0.1, -0.05) is 74.5 Å². The number of hydrogen-bond acceptors (Lipinski definition) is 4. The molecule has 166 valence electrons. The molecule has 0 saturated heterocycles. The molecule has 2 aromatic carbocycles. The fourth-order valence-corrected chi connectivity index (χ4v) is 3.12. The molecular weight excluding hydrogens is 394 g/mol. The summed E-state index contributed by atoms with van der Waals surface area (Å²) < 4.78 is 5.23. The van der Waals surface area contributed by atoms with Crippen LogP contribution in [0.25, 0.3) is 0 Å². The molecule has 0 fully saturated rings. The molecule has 3 amide bonds. The Hall–Kier alpha value is -3.35. The maximum Gasteiger partial charge on any atom is 0.408 e. The number of aryl methyl sites for hydroxylation is 1. The highest BCUT2D eigenvalue weighted by molar-refractivity contribution is 5.90. The van der Waals surface area contributed by atoms with E-state index in [0.717, 1.165) is 11.1 Å². The summed E-state index contributed by atoms with van der Waals surface area (Å²) in [6.45, 7) is 3.99. The number of nitrogens with one attached hydrogen (secondary N) is 2. The monoisotopic (exact) mass is 425 g/mol. The molecule has 4 N–H and O–H groups in total. The summed E-state index contributed by atoms with van der Waals surface area (Å²) >= 11 is 0. The second-order valence-electron chi connectivity index (χ2n) is 7.88. The van der Waals surface area contributed by atoms with Gasteiger partial charge in [-0.3, -0.25) is 9.59 Å². The summed E-state index contributed by atoms with van der Waals surface area (Å²) in [5.41, 5.74) is 7.39. The van der Waals surface area contributed by atoms with Gasteiger partial charge in [0.1, 0.15) is 18.7 Å². The molecule has 2 aromatic rings. The topological polar surface area (TPSA) is 111 Å². The third kappa shape index (κ3) is 8.90. The van der Waals surface area contributed by atoms with Gasteiger partial charge in [0.05, 0.1) is 0 Å². The summed E-state index contributed by atoms with van der Waals surface area (Å²) in [6.07, 6.45) is 0.675. The maximum absolute atomic E-state index is 12.8. The van der Waals surface area contributed by atoms with E-state index >= 15 is 0 Å². The quantitative estimate of drug-likeness (QED) is 0.514. The van der Waals surface area contributed by atoms with Gasteiger partial charge in [-0.2, -0.15) is 0 Å². The fraction of sp³-hybridized carbons (Fsp3) is 0.375. The lowest BCUT2D eigenvalue weighted by atomic mass is 10.0. The molecule has 0 saturated carbocycles. The van der Waals surface area contributed by atoms with E-state index in [1.165, 1.54) is 0 Å². The zero-order valence-corrected chi connectivity index (χ0v) is 18.0. The number of primary amides is 1. The standard InChI is InChI=1S/C24H31N3O4/c1-17(2)15-21(27-24(30)31-16-19-11-7-4-8-12-19)23(29)26-20(22(25)28)14-13-18-9-5-3-6-10-18/h3-12,17,20-21H,13-16H2,1-2H3,(H2,25,28)(H,26,29)(H,27,30)/t20-,21+/m1/s1. The average molecular weight is 426 g/mol. The molecule has 7 heteroatoms. The summed E-state index contributed by atoms with van der Waals surface area (Å²) in [4.78, 5) is 36.9. The van der Waals surface area contributed by atoms with Crippen LogP contribution in [0.4, 0.5) is 4.79 Å². The Balaban J connectivity index is 1.94. The van der Waals surface area contributed by atoms with Gasteiger partial charge in [-0.15, -0.1) is 0 Å². The van der Waals surface area contributed by atoms with Crippen molar-refractivity contribution in [3.8, 4) is 0 Å². The number of amides is 3. The van der Waals surface area contributed by atoms with Crippen LogP contribution in [-0.2, 0) is 27.4 Å². The fourth-order valence-electron chi connectivity index (χ4n) is 3.12. The Morgan fingerprint density at radius 2 is 1.45 bits per heavy atom. The van der Waals surface area contributed by atoms with Gasteiger partial charge < -0.3 is 21.1 Å². The Kier molecular flexibility index (Phi) is 9.55. The van der Waals surface area contributed by atoms with Crippen LogP contribution in [0, 0.1) is 5.92 Å². The van der Waals surface area contributed by atoms with E-state index in [-0.39, 0.29) is 12.5 Å². The Morgan fingerprint density at radius 3 is 2.00 bits per heavy atom. The molecule has 0 aliphatic carbocycles. The predicted octanol–water partition coefficient (Wildman–Crippen LogP) is 2.93. The number of rotatable bonds is 11. The number of carbonyl (C=O) groups excluding carboxylic acids is 3. The summed E-state index contributed by atoms with van der Waals surface area (Å²) in [5, 5.41) is 5.30. The molecule has 2 rings (SSSR count). The highest BCUT2D eigenvalue weighted by Gasteiger charge is 2.26. The smallest absolute Gasteiger partial charge is 0.408 e. The van der Waals surface area contributed by atoms with Gasteiger partial charge in [0.2, 0.25) is 11.8 Å². The molecule has 2 atom stereocenters. The SMILES string of the molecule is CC(C)C[C@H](NC(=O)OCc1ccccc1)C(=O)N[C@H](CCc1ccccc1)C(N)=O. The summed E-state index contributed by atoms with van der Waals surface area (Å²) in [7, 11) is 0. The largest absolute Gasteiger partial charge is 0.445 e. The van der Waals surface area contributed by atoms with Crippen LogP contribution in [0.3, 0.4) is 0 Å². The lowest BCUT2D eigenvalue weighted by Gasteiger charge is -2.23. The van der Waals surface area contributed by atoms with Crippen molar-refractivity contribution in [1.29, 1.82) is 0 Å². The van der Waals surface area contributed by atoms with Crippen molar-refractivity contribution in [3.05, 3.63) is 71.8 Å². The molecule has 0 aromatic heterocycles. The highest BCUT2D eigenvalue weighted by atomic mass is 16.5. The van der Waals surface area contributed by atoms with Crippen LogP contribution in [0.2, 0.25) is 0 Å². The minimum Gasteiger partial charge on any atom is -0.445 e. The zero-order chi connectivity index (χ0) is 22.6. The number of hydrogen-bond donors (Lipinski definition) is 3. The van der Waals surface area contributed by atoms with Gasteiger partial charge in [-0.05, 0) is 36.3 Å². The van der Waals surface area contributed by atoms with Crippen LogP contribution < -0.4 is 16.4 Å². The number of carbonyl (C=O) groups is 3. The third-order valence-electron chi connectivity index (χ3n) is 4.75. The Morgan fingerprint density at radius 1 is 0.871 bits per heavy atom. The number of benzene rings is 2. The van der Waals surface area contributed by atoms with Gasteiger partial charge >= 0.3 is 6.09 Å². The highest BCUT2D eigenvalue weighted by Crippen LogP contribution is 2.09. The first-order valence-electron chi connectivity index (χ1n) is 10.5. The summed E-state index contributed by atoms with van der Waals surface area (Å²) in [6, 6.07) is 17.2. The van der Waals surface area contributed by atoms with Crippen LogP contribution in [0.5, 0.6) is 0 Å². The minimum absolute atomic E-state index is 0.101. The second-order valence-corrected chi connectivity index (χ2v) is 7.88. The van der Waals surface area contributed by atoms with E-state index in [9.17, 15) is 14.4 Å². The number of ether oxygens (including phenoxy) is 1. The minimum atomic E-state index is -0.832.